The van der Waals surface area contributed by atoms with E-state index in [1.165, 1.54) is 6.07 Å². The number of nitrogens with one attached hydrogen (secondary N) is 2. The number of phenols is 1. The molecule has 0 radical (unpaired) electrons. The lowest BCUT2D eigenvalue weighted by atomic mass is 10.2. The molecule has 0 aliphatic rings. The molecule has 2 heterocycles. The number of aromatic hydroxyl groups is 1. The van der Waals surface area contributed by atoms with Crippen molar-refractivity contribution in [3.63, 3.8) is 0 Å². The van der Waals surface area contributed by atoms with Gasteiger partial charge < -0.3 is 9.52 Å². The molecule has 0 unspecified atom stereocenters. The van der Waals surface area contributed by atoms with Crippen molar-refractivity contribution in [2.24, 2.45) is 0 Å². The average molecular weight is 279 g/mol. The van der Waals surface area contributed by atoms with Crippen LogP contribution in [0.25, 0.3) is 33.4 Å². The molecule has 4 rings (SSSR count). The van der Waals surface area contributed by atoms with E-state index < -0.39 is 5.63 Å². The van der Waals surface area contributed by atoms with E-state index in [4.69, 9.17) is 4.42 Å². The summed E-state index contributed by atoms with van der Waals surface area (Å²) in [6.45, 7) is 0. The fraction of sp³-hybridized carbons (Fsp3) is 0. The van der Waals surface area contributed by atoms with Crippen LogP contribution in [0.5, 0.6) is 5.75 Å². The van der Waals surface area contributed by atoms with Crippen molar-refractivity contribution in [3.05, 3.63) is 59.0 Å². The maximum Gasteiger partial charge on any atom is 0.351 e. The molecule has 0 saturated heterocycles. The molecule has 0 bridgehead atoms. The largest absolute Gasteiger partial charge is 0.508 e. The van der Waals surface area contributed by atoms with Gasteiger partial charge in [-0.05, 0) is 30.3 Å². The Labute approximate surface area is 118 Å². The highest BCUT2D eigenvalue weighted by Gasteiger charge is 2.17. The summed E-state index contributed by atoms with van der Waals surface area (Å²) < 4.78 is 5.27. The second kappa shape index (κ2) is 4.21. The fourth-order valence-corrected chi connectivity index (χ4v) is 2.41. The van der Waals surface area contributed by atoms with Crippen LogP contribution >= 0.6 is 0 Å². The summed E-state index contributed by atoms with van der Waals surface area (Å²) in [4.78, 5) is 18.5. The van der Waals surface area contributed by atoms with Crippen LogP contribution in [0.4, 0.5) is 0 Å². The van der Waals surface area contributed by atoms with Crippen LogP contribution in [0.15, 0.2) is 57.7 Å². The first-order chi connectivity index (χ1) is 10.2. The first kappa shape index (κ1) is 11.7. The number of hydrogen-bond donors (Lipinski definition) is 2. The normalized spacial score (nSPS) is 11.2. The lowest BCUT2D eigenvalue weighted by Gasteiger charge is -1.98. The second-order valence-electron chi connectivity index (χ2n) is 4.84. The Hall–Kier alpha value is -3.08. The first-order valence-electron chi connectivity index (χ1n) is 6.48. The highest BCUT2D eigenvalue weighted by molar-refractivity contribution is 5.82. The molecule has 0 fully saturated rings. The molecule has 2 aromatic heterocycles. The number of H-pyrrole nitrogens is 2. The molecule has 102 valence electrons. The Morgan fingerprint density at radius 2 is 1.95 bits per heavy atom. The Morgan fingerprint density at radius 3 is 2.81 bits per heavy atom. The van der Waals surface area contributed by atoms with Gasteiger partial charge in [0.05, 0.1) is 0 Å². The van der Waals surface area contributed by atoms with Crippen LogP contribution in [-0.4, -0.2) is 10.1 Å². The third-order valence-electron chi connectivity index (χ3n) is 3.44. The van der Waals surface area contributed by atoms with Gasteiger partial charge in [-0.3, -0.25) is 0 Å². The number of para-hydroxylation sites is 2. The van der Waals surface area contributed by atoms with Crippen LogP contribution in [0.2, 0.25) is 0 Å². The van der Waals surface area contributed by atoms with E-state index in [2.05, 4.69) is 9.97 Å². The highest BCUT2D eigenvalue weighted by Crippen LogP contribution is 2.22. The summed E-state index contributed by atoms with van der Waals surface area (Å²) in [7, 11) is 0. The van der Waals surface area contributed by atoms with Gasteiger partial charge in [-0.25, -0.2) is 14.8 Å². The summed E-state index contributed by atoms with van der Waals surface area (Å²) in [5.74, 6) is 0.662. The molecular formula is C16H11N2O3+. The van der Waals surface area contributed by atoms with Crippen molar-refractivity contribution >= 4 is 22.0 Å². The third-order valence-corrected chi connectivity index (χ3v) is 3.44. The Morgan fingerprint density at radius 1 is 1.10 bits per heavy atom. The molecule has 4 aromatic rings. The lowest BCUT2D eigenvalue weighted by Crippen LogP contribution is -2.10. The molecule has 0 spiro atoms. The minimum atomic E-state index is -0.462. The van der Waals surface area contributed by atoms with Gasteiger partial charge >= 0.3 is 5.63 Å². The predicted octanol–water partition coefficient (Wildman–Crippen LogP) is 2.46. The molecule has 3 N–H and O–H groups in total. The molecule has 0 atom stereocenters. The zero-order valence-corrected chi connectivity index (χ0v) is 10.9. The van der Waals surface area contributed by atoms with Crippen LogP contribution in [0.3, 0.4) is 0 Å². The quantitative estimate of drug-likeness (QED) is 0.525. The van der Waals surface area contributed by atoms with Crippen molar-refractivity contribution in [1.82, 2.24) is 4.98 Å². The molecule has 21 heavy (non-hydrogen) atoms. The average Bonchev–Trinajstić information content (AvgIpc) is 2.90. The van der Waals surface area contributed by atoms with E-state index >= 15 is 0 Å². The van der Waals surface area contributed by atoms with Crippen LogP contribution < -0.4 is 10.6 Å². The molecule has 0 saturated carbocycles. The van der Waals surface area contributed by atoms with Crippen LogP contribution in [0, 0.1) is 0 Å². The zero-order valence-electron chi connectivity index (χ0n) is 10.9. The summed E-state index contributed by atoms with van der Waals surface area (Å²) in [6.07, 6.45) is 0. The second-order valence-corrected chi connectivity index (χ2v) is 4.84. The van der Waals surface area contributed by atoms with Crippen molar-refractivity contribution in [2.45, 2.75) is 0 Å². The molecule has 2 aromatic carbocycles. The summed E-state index contributed by atoms with van der Waals surface area (Å²) in [5.41, 5.74) is 2.15. The van der Waals surface area contributed by atoms with Gasteiger partial charge in [0, 0.05) is 11.5 Å². The monoisotopic (exact) mass is 279 g/mol. The maximum absolute atomic E-state index is 12.1. The Kier molecular flexibility index (Phi) is 2.35. The molecule has 0 amide bonds. The highest BCUT2D eigenvalue weighted by atomic mass is 16.4. The number of phenolic OH excluding ortho intramolecular Hbond substituents is 1. The molecular weight excluding hydrogens is 268 g/mol. The summed E-state index contributed by atoms with van der Waals surface area (Å²) in [5, 5.41) is 10.2. The van der Waals surface area contributed by atoms with Gasteiger partial charge in [0.2, 0.25) is 0 Å². The fourth-order valence-electron chi connectivity index (χ4n) is 2.41. The standard InChI is InChI=1S/C16H10N2O3/c19-10-6-5-9-7-11(16(20)21-14(9)8-10)15-17-12-3-1-2-4-13(12)18-15/h1-8,19H,(H,17,18)/p+1. The van der Waals surface area contributed by atoms with Gasteiger partial charge in [0.1, 0.15) is 16.9 Å². The maximum atomic E-state index is 12.1. The number of benzene rings is 2. The number of rotatable bonds is 1. The molecule has 0 aliphatic carbocycles. The number of imidazole rings is 1. The van der Waals surface area contributed by atoms with E-state index in [9.17, 15) is 9.90 Å². The van der Waals surface area contributed by atoms with Gasteiger partial charge in [-0.2, -0.15) is 0 Å². The van der Waals surface area contributed by atoms with Crippen molar-refractivity contribution in [1.29, 1.82) is 0 Å². The number of aromatic amines is 2. The van der Waals surface area contributed by atoms with Crippen LogP contribution in [0.1, 0.15) is 0 Å². The van der Waals surface area contributed by atoms with E-state index in [1.807, 2.05) is 24.3 Å². The first-order valence-corrected chi connectivity index (χ1v) is 6.48. The summed E-state index contributed by atoms with van der Waals surface area (Å²) >= 11 is 0. The number of aromatic nitrogens is 2. The predicted molar refractivity (Wildman–Crippen MR) is 78.0 cm³/mol. The Balaban J connectivity index is 1.99. The van der Waals surface area contributed by atoms with Crippen LogP contribution in [-0.2, 0) is 0 Å². The smallest absolute Gasteiger partial charge is 0.351 e. The lowest BCUT2D eigenvalue weighted by molar-refractivity contribution is -0.330. The SMILES string of the molecule is O=c1oc2cc(O)ccc2cc1-c1[nH]c2ccccc2[nH+]1. The van der Waals surface area contributed by atoms with Crippen molar-refractivity contribution < 1.29 is 14.5 Å². The van der Waals surface area contributed by atoms with E-state index in [0.717, 1.165) is 16.4 Å². The van der Waals surface area contributed by atoms with Gasteiger partial charge in [-0.15, -0.1) is 0 Å². The topological polar surface area (TPSA) is 80.4 Å². The summed E-state index contributed by atoms with van der Waals surface area (Å²) in [6, 6.07) is 14.1. The Bertz CT molecular complexity index is 997. The van der Waals surface area contributed by atoms with Gasteiger partial charge in [-0.1, -0.05) is 12.1 Å². The van der Waals surface area contributed by atoms with E-state index in [1.54, 1.807) is 18.2 Å². The molecule has 5 heteroatoms. The van der Waals surface area contributed by atoms with Gasteiger partial charge in [0.25, 0.3) is 5.82 Å². The van der Waals surface area contributed by atoms with E-state index in [0.29, 0.717) is 17.0 Å². The third kappa shape index (κ3) is 1.87. The zero-order chi connectivity index (χ0) is 14.4. The van der Waals surface area contributed by atoms with Crippen molar-refractivity contribution in [3.8, 4) is 17.1 Å². The number of hydrogen-bond acceptors (Lipinski definition) is 3. The van der Waals surface area contributed by atoms with Gasteiger partial charge in [0.15, 0.2) is 11.0 Å². The molecule has 0 aliphatic heterocycles. The van der Waals surface area contributed by atoms with E-state index in [-0.39, 0.29) is 5.75 Å². The van der Waals surface area contributed by atoms with Crippen molar-refractivity contribution in [2.75, 3.05) is 0 Å². The molecule has 5 nitrogen and oxygen atoms in total. The number of fused-ring (bicyclic) bond motifs is 2. The minimum Gasteiger partial charge on any atom is -0.508 e. The minimum absolute atomic E-state index is 0.0653.